The lowest BCUT2D eigenvalue weighted by Gasteiger charge is -2.23. The van der Waals surface area contributed by atoms with E-state index in [0.29, 0.717) is 9.90 Å². The number of piperidine rings is 1. The van der Waals surface area contributed by atoms with Gasteiger partial charge in [0.1, 0.15) is 21.2 Å². The highest BCUT2D eigenvalue weighted by atomic mass is 35.5. The fourth-order valence-corrected chi connectivity index (χ4v) is 3.82. The molecule has 3 aromatic rings. The Labute approximate surface area is 147 Å². The molecule has 1 amide bonds. The van der Waals surface area contributed by atoms with Crippen molar-refractivity contribution in [1.82, 2.24) is 25.0 Å². The van der Waals surface area contributed by atoms with E-state index in [2.05, 4.69) is 20.6 Å². The van der Waals surface area contributed by atoms with Crippen LogP contribution in [0, 0.1) is 0 Å². The van der Waals surface area contributed by atoms with E-state index in [1.165, 1.54) is 11.3 Å². The van der Waals surface area contributed by atoms with Gasteiger partial charge in [-0.25, -0.2) is 9.97 Å². The van der Waals surface area contributed by atoms with E-state index in [1.54, 1.807) is 24.7 Å². The van der Waals surface area contributed by atoms with Crippen LogP contribution in [-0.2, 0) is 0 Å². The smallest absolute Gasteiger partial charge is 0.263 e. The molecule has 0 spiro atoms. The molecule has 0 atom stereocenters. The third-order valence-electron chi connectivity index (χ3n) is 4.09. The maximum atomic E-state index is 12.4. The first-order valence-electron chi connectivity index (χ1n) is 7.81. The van der Waals surface area contributed by atoms with Crippen molar-refractivity contribution >= 4 is 34.5 Å². The summed E-state index contributed by atoms with van der Waals surface area (Å²) in [5, 5.41) is 7.76. The molecule has 4 rings (SSSR count). The molecule has 0 aromatic carbocycles. The first-order chi connectivity index (χ1) is 11.7. The number of thiazole rings is 1. The van der Waals surface area contributed by atoms with Gasteiger partial charge in [0.25, 0.3) is 5.91 Å². The SMILES string of the molecule is O=C(NC1CCNCC1)c1cnc(-c2cnc3ccc(Cl)cn23)s1. The third kappa shape index (κ3) is 3.02. The number of imidazole rings is 1. The minimum absolute atomic E-state index is 0.0579. The van der Waals surface area contributed by atoms with Crippen LogP contribution >= 0.6 is 22.9 Å². The number of halogens is 1. The molecule has 4 heterocycles. The second kappa shape index (κ2) is 6.51. The molecule has 1 saturated heterocycles. The summed E-state index contributed by atoms with van der Waals surface area (Å²) >= 11 is 7.43. The second-order valence-corrected chi connectivity index (χ2v) is 7.21. The van der Waals surface area contributed by atoms with E-state index in [1.807, 2.05) is 10.5 Å². The molecule has 0 saturated carbocycles. The summed E-state index contributed by atoms with van der Waals surface area (Å²) in [7, 11) is 0. The third-order valence-corrected chi connectivity index (χ3v) is 5.33. The fourth-order valence-electron chi connectivity index (χ4n) is 2.83. The average molecular weight is 362 g/mol. The summed E-state index contributed by atoms with van der Waals surface area (Å²) in [6.07, 6.45) is 7.10. The number of carbonyl (C=O) groups excluding carboxylic acids is 1. The van der Waals surface area contributed by atoms with Gasteiger partial charge in [0.2, 0.25) is 0 Å². The van der Waals surface area contributed by atoms with Crippen LogP contribution in [0.5, 0.6) is 0 Å². The van der Waals surface area contributed by atoms with Gasteiger partial charge in [-0.2, -0.15) is 0 Å². The lowest BCUT2D eigenvalue weighted by Crippen LogP contribution is -2.42. The van der Waals surface area contributed by atoms with Gasteiger partial charge in [0, 0.05) is 12.2 Å². The quantitative estimate of drug-likeness (QED) is 0.752. The molecule has 124 valence electrons. The summed E-state index contributed by atoms with van der Waals surface area (Å²) in [6, 6.07) is 3.89. The number of hydrogen-bond acceptors (Lipinski definition) is 5. The number of amides is 1. The van der Waals surface area contributed by atoms with E-state index >= 15 is 0 Å². The van der Waals surface area contributed by atoms with Crippen LogP contribution in [0.4, 0.5) is 0 Å². The number of pyridine rings is 1. The Bertz CT molecular complexity index is 884. The van der Waals surface area contributed by atoms with Crippen LogP contribution in [0.3, 0.4) is 0 Å². The molecule has 1 aliphatic rings. The molecule has 3 aromatic heterocycles. The minimum atomic E-state index is -0.0579. The standard InChI is InChI=1S/C16H16ClN5OS/c17-10-1-2-14-19-7-12(22(14)9-10)16-20-8-13(24-16)15(23)21-11-3-5-18-6-4-11/h1-2,7-9,11,18H,3-6H2,(H,21,23). The number of aromatic nitrogens is 3. The van der Waals surface area contributed by atoms with Crippen LogP contribution in [0.2, 0.25) is 5.02 Å². The summed E-state index contributed by atoms with van der Waals surface area (Å²) in [6.45, 7) is 1.89. The molecule has 0 radical (unpaired) electrons. The predicted molar refractivity (Wildman–Crippen MR) is 94.7 cm³/mol. The van der Waals surface area contributed by atoms with Gasteiger partial charge in [-0.1, -0.05) is 11.6 Å². The molecule has 6 nitrogen and oxygen atoms in total. The zero-order valence-corrected chi connectivity index (χ0v) is 14.4. The van der Waals surface area contributed by atoms with Gasteiger partial charge in [0.05, 0.1) is 17.4 Å². The summed E-state index contributed by atoms with van der Waals surface area (Å²) < 4.78 is 1.88. The Hall–Kier alpha value is -1.96. The molecule has 1 aliphatic heterocycles. The minimum Gasteiger partial charge on any atom is -0.348 e. The van der Waals surface area contributed by atoms with E-state index in [0.717, 1.165) is 42.3 Å². The fraction of sp³-hybridized carbons (Fsp3) is 0.312. The predicted octanol–water partition coefficient (Wildman–Crippen LogP) is 2.59. The molecular weight excluding hydrogens is 346 g/mol. The van der Waals surface area contributed by atoms with E-state index in [9.17, 15) is 4.79 Å². The number of fused-ring (bicyclic) bond motifs is 1. The molecule has 0 unspecified atom stereocenters. The molecule has 2 N–H and O–H groups in total. The molecule has 24 heavy (non-hydrogen) atoms. The largest absolute Gasteiger partial charge is 0.348 e. The van der Waals surface area contributed by atoms with Gasteiger partial charge in [-0.3, -0.25) is 9.20 Å². The van der Waals surface area contributed by atoms with E-state index in [-0.39, 0.29) is 11.9 Å². The maximum Gasteiger partial charge on any atom is 0.263 e. The Morgan fingerprint density at radius 2 is 2.12 bits per heavy atom. The normalized spacial score (nSPS) is 15.7. The number of hydrogen-bond donors (Lipinski definition) is 2. The molecule has 8 heteroatoms. The number of nitrogens with one attached hydrogen (secondary N) is 2. The Kier molecular flexibility index (Phi) is 4.22. The Balaban J connectivity index is 1.57. The van der Waals surface area contributed by atoms with Crippen molar-refractivity contribution in [2.45, 2.75) is 18.9 Å². The lowest BCUT2D eigenvalue weighted by molar-refractivity contribution is 0.0933. The second-order valence-electron chi connectivity index (χ2n) is 5.75. The van der Waals surface area contributed by atoms with Crippen molar-refractivity contribution in [1.29, 1.82) is 0 Å². The van der Waals surface area contributed by atoms with Gasteiger partial charge in [-0.15, -0.1) is 11.3 Å². The highest BCUT2D eigenvalue weighted by Gasteiger charge is 2.19. The summed E-state index contributed by atoms with van der Waals surface area (Å²) in [5.41, 5.74) is 1.63. The van der Waals surface area contributed by atoms with Crippen LogP contribution in [0.1, 0.15) is 22.5 Å². The van der Waals surface area contributed by atoms with Crippen molar-refractivity contribution < 1.29 is 4.79 Å². The maximum absolute atomic E-state index is 12.4. The van der Waals surface area contributed by atoms with Crippen molar-refractivity contribution in [2.75, 3.05) is 13.1 Å². The van der Waals surface area contributed by atoms with Crippen LogP contribution < -0.4 is 10.6 Å². The van der Waals surface area contributed by atoms with Crippen LogP contribution in [0.25, 0.3) is 16.3 Å². The molecule has 1 fully saturated rings. The van der Waals surface area contributed by atoms with E-state index in [4.69, 9.17) is 11.6 Å². The van der Waals surface area contributed by atoms with Gasteiger partial charge in [0.15, 0.2) is 0 Å². The van der Waals surface area contributed by atoms with E-state index < -0.39 is 0 Å². The average Bonchev–Trinajstić information content (AvgIpc) is 3.22. The first-order valence-corrected chi connectivity index (χ1v) is 9.00. The van der Waals surface area contributed by atoms with Gasteiger partial charge in [-0.05, 0) is 38.1 Å². The summed E-state index contributed by atoms with van der Waals surface area (Å²) in [4.78, 5) is 21.8. The molecule has 0 aliphatic carbocycles. The Morgan fingerprint density at radius 1 is 1.29 bits per heavy atom. The topological polar surface area (TPSA) is 71.3 Å². The van der Waals surface area contributed by atoms with Crippen molar-refractivity contribution in [3.63, 3.8) is 0 Å². The van der Waals surface area contributed by atoms with Crippen LogP contribution in [0.15, 0.2) is 30.7 Å². The highest BCUT2D eigenvalue weighted by molar-refractivity contribution is 7.16. The number of rotatable bonds is 3. The zero-order chi connectivity index (χ0) is 16.5. The molecule has 0 bridgehead atoms. The summed E-state index contributed by atoms with van der Waals surface area (Å²) in [5.74, 6) is -0.0579. The van der Waals surface area contributed by atoms with Crippen molar-refractivity contribution in [2.24, 2.45) is 0 Å². The van der Waals surface area contributed by atoms with Gasteiger partial charge >= 0.3 is 0 Å². The van der Waals surface area contributed by atoms with Crippen LogP contribution in [-0.4, -0.2) is 39.4 Å². The number of nitrogens with zero attached hydrogens (tertiary/aromatic N) is 3. The first kappa shape index (κ1) is 15.6. The monoisotopic (exact) mass is 361 g/mol. The van der Waals surface area contributed by atoms with Crippen molar-refractivity contribution in [3.8, 4) is 10.7 Å². The lowest BCUT2D eigenvalue weighted by atomic mass is 10.1. The van der Waals surface area contributed by atoms with Crippen molar-refractivity contribution in [3.05, 3.63) is 40.6 Å². The Morgan fingerprint density at radius 3 is 2.96 bits per heavy atom. The zero-order valence-electron chi connectivity index (χ0n) is 12.8. The molecular formula is C16H16ClN5OS. The number of carbonyl (C=O) groups is 1. The highest BCUT2D eigenvalue weighted by Crippen LogP contribution is 2.27. The van der Waals surface area contributed by atoms with Gasteiger partial charge < -0.3 is 10.6 Å².